The molecule has 0 aliphatic rings. The van der Waals surface area contributed by atoms with Crippen LogP contribution < -0.4 is 24.8 Å². The maximum atomic E-state index is 14.7. The SMILES string of the molecule is CCOc1ccc(-c2nc(Nc3cnn(CC(O)COc4nc(Nc5cnn(C)c5)nc(-c5cc(F)c(OC)c(F)c5)c4C)c3)ncc2C)cc1F. The van der Waals surface area contributed by atoms with Gasteiger partial charge in [-0.1, -0.05) is 0 Å². The van der Waals surface area contributed by atoms with E-state index < -0.39 is 29.3 Å². The lowest BCUT2D eigenvalue weighted by Gasteiger charge is -2.17. The monoisotopic (exact) mass is 716 g/mol. The zero-order valence-electron chi connectivity index (χ0n) is 28.9. The first kappa shape index (κ1) is 35.6. The fourth-order valence-corrected chi connectivity index (χ4v) is 5.30. The maximum absolute atomic E-state index is 14.7. The number of ether oxygens (including phenoxy) is 3. The molecule has 4 aromatic heterocycles. The smallest absolute Gasteiger partial charge is 0.231 e. The summed E-state index contributed by atoms with van der Waals surface area (Å²) in [6.07, 6.45) is 7.02. The summed E-state index contributed by atoms with van der Waals surface area (Å²) in [5.41, 5.74) is 3.68. The van der Waals surface area contributed by atoms with E-state index in [1.165, 1.54) is 24.1 Å². The molecule has 17 heteroatoms. The number of hydrogen-bond donors (Lipinski definition) is 3. The highest BCUT2D eigenvalue weighted by molar-refractivity contribution is 5.69. The number of hydrogen-bond acceptors (Lipinski definition) is 12. The van der Waals surface area contributed by atoms with Gasteiger partial charge in [0.05, 0.1) is 55.4 Å². The molecule has 0 fully saturated rings. The predicted molar refractivity (Wildman–Crippen MR) is 186 cm³/mol. The average molecular weight is 717 g/mol. The van der Waals surface area contributed by atoms with Crippen molar-refractivity contribution in [3.63, 3.8) is 0 Å². The fourth-order valence-electron chi connectivity index (χ4n) is 5.30. The van der Waals surface area contributed by atoms with Crippen molar-refractivity contribution in [2.45, 2.75) is 33.4 Å². The molecule has 6 aromatic rings. The van der Waals surface area contributed by atoms with Crippen LogP contribution in [0.15, 0.2) is 61.3 Å². The van der Waals surface area contributed by atoms with Gasteiger partial charge in [-0.2, -0.15) is 15.2 Å². The highest BCUT2D eigenvalue weighted by Gasteiger charge is 2.20. The van der Waals surface area contributed by atoms with Gasteiger partial charge in [0.1, 0.15) is 12.7 Å². The highest BCUT2D eigenvalue weighted by atomic mass is 19.1. The van der Waals surface area contributed by atoms with Crippen molar-refractivity contribution in [3.8, 4) is 39.9 Å². The molecule has 0 aliphatic heterocycles. The molecule has 0 aliphatic carbocycles. The summed E-state index contributed by atoms with van der Waals surface area (Å²) in [4.78, 5) is 17.8. The van der Waals surface area contributed by atoms with Gasteiger partial charge in [0.25, 0.3) is 0 Å². The van der Waals surface area contributed by atoms with Crippen molar-refractivity contribution >= 4 is 23.3 Å². The van der Waals surface area contributed by atoms with Crippen LogP contribution in [-0.2, 0) is 13.6 Å². The Hall–Kier alpha value is -6.23. The van der Waals surface area contributed by atoms with E-state index in [4.69, 9.17) is 14.2 Å². The maximum Gasteiger partial charge on any atom is 0.231 e. The second kappa shape index (κ2) is 15.3. The van der Waals surface area contributed by atoms with Gasteiger partial charge in [-0.3, -0.25) is 9.36 Å². The molecule has 0 saturated heterocycles. The van der Waals surface area contributed by atoms with E-state index in [1.807, 2.05) is 6.92 Å². The summed E-state index contributed by atoms with van der Waals surface area (Å²) in [5.74, 6) is -2.23. The van der Waals surface area contributed by atoms with Gasteiger partial charge >= 0.3 is 0 Å². The molecule has 0 saturated carbocycles. The van der Waals surface area contributed by atoms with Crippen LogP contribution in [0.1, 0.15) is 18.1 Å². The van der Waals surface area contributed by atoms with E-state index >= 15 is 0 Å². The summed E-state index contributed by atoms with van der Waals surface area (Å²) in [6.45, 7) is 5.43. The van der Waals surface area contributed by atoms with E-state index in [0.29, 0.717) is 34.8 Å². The predicted octanol–water partition coefficient (Wildman–Crippen LogP) is 5.90. The Balaban J connectivity index is 1.15. The number of rotatable bonds is 14. The molecule has 3 N–H and O–H groups in total. The minimum atomic E-state index is -1.05. The Morgan fingerprint density at radius 2 is 1.52 bits per heavy atom. The van der Waals surface area contributed by atoms with Crippen LogP contribution in [0.3, 0.4) is 0 Å². The highest BCUT2D eigenvalue weighted by Crippen LogP contribution is 2.34. The van der Waals surface area contributed by atoms with Gasteiger partial charge in [0.15, 0.2) is 29.0 Å². The lowest BCUT2D eigenvalue weighted by Crippen LogP contribution is -2.24. The van der Waals surface area contributed by atoms with E-state index in [-0.39, 0.29) is 47.9 Å². The third-order valence-corrected chi connectivity index (χ3v) is 7.71. The number of aliphatic hydroxyl groups is 1. The minimum Gasteiger partial charge on any atom is -0.491 e. The van der Waals surface area contributed by atoms with E-state index in [0.717, 1.165) is 17.7 Å². The standard InChI is InChI=1S/C35H35F3N10O4/c1-6-51-29-8-7-21(9-26(29)36)30-19(2)12-39-34(44-30)42-24-14-41-48(16-24)17-25(49)18-52-33-20(3)31(22-10-27(37)32(50-5)28(38)11-22)45-35(46-33)43-23-13-40-47(4)15-23/h7-16,25,49H,6,17-18H2,1-5H3,(H,39,42,44)(H,43,45,46). The number of methoxy groups -OCH3 is 1. The number of anilines is 4. The molecule has 0 amide bonds. The fraction of sp³-hybridized carbons (Fsp3) is 0.257. The number of aryl methyl sites for hydroxylation is 2. The molecular formula is C35H35F3N10O4. The summed E-state index contributed by atoms with van der Waals surface area (Å²) >= 11 is 0. The van der Waals surface area contributed by atoms with E-state index in [2.05, 4.69) is 40.8 Å². The third-order valence-electron chi connectivity index (χ3n) is 7.71. The van der Waals surface area contributed by atoms with Gasteiger partial charge in [-0.15, -0.1) is 0 Å². The van der Waals surface area contributed by atoms with Crippen LogP contribution in [0.5, 0.6) is 17.4 Å². The lowest BCUT2D eigenvalue weighted by atomic mass is 10.1. The normalized spacial score (nSPS) is 11.7. The molecule has 2 aromatic carbocycles. The Morgan fingerprint density at radius 1 is 0.827 bits per heavy atom. The molecule has 0 radical (unpaired) electrons. The first-order chi connectivity index (χ1) is 25.0. The van der Waals surface area contributed by atoms with Crippen LogP contribution in [-0.4, -0.2) is 71.0 Å². The molecule has 0 spiro atoms. The van der Waals surface area contributed by atoms with E-state index in [9.17, 15) is 18.3 Å². The van der Waals surface area contributed by atoms with Crippen molar-refractivity contribution in [1.82, 2.24) is 39.5 Å². The van der Waals surface area contributed by atoms with Crippen molar-refractivity contribution in [2.75, 3.05) is 31.0 Å². The molecule has 0 bridgehead atoms. The average Bonchev–Trinajstić information content (AvgIpc) is 3.73. The van der Waals surface area contributed by atoms with Crippen molar-refractivity contribution in [1.29, 1.82) is 0 Å². The Kier molecular flexibility index (Phi) is 10.5. The van der Waals surface area contributed by atoms with Gasteiger partial charge in [0.2, 0.25) is 17.8 Å². The summed E-state index contributed by atoms with van der Waals surface area (Å²) in [5, 5.41) is 25.4. The van der Waals surface area contributed by atoms with Gasteiger partial charge in [-0.05, 0) is 56.7 Å². The molecule has 4 heterocycles. The zero-order chi connectivity index (χ0) is 36.9. The first-order valence-corrected chi connectivity index (χ1v) is 16.1. The van der Waals surface area contributed by atoms with Crippen LogP contribution in [0.4, 0.5) is 36.4 Å². The van der Waals surface area contributed by atoms with Crippen LogP contribution in [0.25, 0.3) is 22.5 Å². The van der Waals surface area contributed by atoms with Gasteiger partial charge < -0.3 is 30.0 Å². The summed E-state index contributed by atoms with van der Waals surface area (Å²) in [6, 6.07) is 6.88. The lowest BCUT2D eigenvalue weighted by molar-refractivity contribution is 0.0868. The largest absolute Gasteiger partial charge is 0.491 e. The summed E-state index contributed by atoms with van der Waals surface area (Å²) in [7, 11) is 2.91. The Bertz CT molecular complexity index is 2190. The van der Waals surface area contributed by atoms with Crippen LogP contribution >= 0.6 is 0 Å². The molecule has 1 unspecified atom stereocenters. The van der Waals surface area contributed by atoms with Crippen molar-refractivity contribution in [3.05, 3.63) is 89.9 Å². The Morgan fingerprint density at radius 3 is 2.21 bits per heavy atom. The number of halogens is 3. The molecule has 14 nitrogen and oxygen atoms in total. The molecule has 270 valence electrons. The second-order valence-electron chi connectivity index (χ2n) is 11.7. The molecular weight excluding hydrogens is 681 g/mol. The number of aliphatic hydroxyl groups excluding tert-OH is 1. The first-order valence-electron chi connectivity index (χ1n) is 16.1. The molecule has 6 rings (SSSR count). The minimum absolute atomic E-state index is 0.0415. The second-order valence-corrected chi connectivity index (χ2v) is 11.7. The van der Waals surface area contributed by atoms with Crippen molar-refractivity contribution < 1.29 is 32.5 Å². The van der Waals surface area contributed by atoms with E-state index in [1.54, 1.807) is 62.5 Å². The number of benzene rings is 2. The Labute approximate surface area is 296 Å². The van der Waals surface area contributed by atoms with Crippen molar-refractivity contribution in [2.24, 2.45) is 7.05 Å². The zero-order valence-corrected chi connectivity index (χ0v) is 28.9. The van der Waals surface area contributed by atoms with Gasteiger partial charge in [-0.25, -0.2) is 28.1 Å². The molecule has 52 heavy (non-hydrogen) atoms. The number of aromatic nitrogens is 8. The third kappa shape index (κ3) is 8.04. The van der Waals surface area contributed by atoms with Crippen LogP contribution in [0.2, 0.25) is 0 Å². The number of nitrogens with one attached hydrogen (secondary N) is 2. The quantitative estimate of drug-likeness (QED) is 0.123. The van der Waals surface area contributed by atoms with Gasteiger partial charge in [0, 0.05) is 42.3 Å². The van der Waals surface area contributed by atoms with Crippen LogP contribution in [0, 0.1) is 31.3 Å². The summed E-state index contributed by atoms with van der Waals surface area (Å²) < 4.78 is 63.0. The topological polar surface area (TPSA) is 159 Å². The number of nitrogens with zero attached hydrogens (tertiary/aromatic N) is 8. The molecule has 1 atom stereocenters.